The minimum absolute atomic E-state index is 0.735. The van der Waals surface area contributed by atoms with Gasteiger partial charge in [0.2, 0.25) is 0 Å². The van der Waals surface area contributed by atoms with E-state index in [4.69, 9.17) is 0 Å². The van der Waals surface area contributed by atoms with E-state index in [-0.39, 0.29) is 0 Å². The fourth-order valence-corrected chi connectivity index (χ4v) is 1.93. The van der Waals surface area contributed by atoms with Crippen LogP contribution < -0.4 is 4.48 Å². The first-order valence-corrected chi connectivity index (χ1v) is 5.99. The van der Waals surface area contributed by atoms with E-state index >= 15 is 0 Å². The smallest absolute Gasteiger partial charge is 0.150 e. The van der Waals surface area contributed by atoms with E-state index in [1.807, 2.05) is 42.5 Å². The predicted octanol–water partition coefficient (Wildman–Crippen LogP) is 3.36. The summed E-state index contributed by atoms with van der Waals surface area (Å²) < 4.78 is 0.735. The van der Waals surface area contributed by atoms with Crippen LogP contribution in [0.15, 0.2) is 48.5 Å². The van der Waals surface area contributed by atoms with Crippen molar-refractivity contribution >= 4 is 12.0 Å². The zero-order valence-electron chi connectivity index (χ0n) is 11.1. The molecular weight excluding hydrogens is 222 g/mol. The molecule has 92 valence electrons. The summed E-state index contributed by atoms with van der Waals surface area (Å²) in [5, 5.41) is 0. The fourth-order valence-electron chi connectivity index (χ4n) is 1.93. The van der Waals surface area contributed by atoms with Gasteiger partial charge in [-0.2, -0.15) is 0 Å². The van der Waals surface area contributed by atoms with Crippen molar-refractivity contribution in [3.05, 3.63) is 54.1 Å². The molecule has 2 heteroatoms. The average molecular weight is 240 g/mol. The average Bonchev–Trinajstić information content (AvgIpc) is 2.38. The number of aldehydes is 1. The molecular formula is C16H18NO+. The number of rotatable bonds is 3. The Hall–Kier alpha value is -1.93. The molecule has 2 aromatic carbocycles. The van der Waals surface area contributed by atoms with E-state index in [1.165, 1.54) is 5.69 Å². The summed E-state index contributed by atoms with van der Waals surface area (Å²) >= 11 is 0. The highest BCUT2D eigenvalue weighted by atomic mass is 16.1. The first-order chi connectivity index (χ1) is 8.52. The SMILES string of the molecule is C[N+](C)(C)c1ccc(C=O)c(-c2ccccc2)c1. The molecule has 2 aromatic rings. The highest BCUT2D eigenvalue weighted by Crippen LogP contribution is 2.28. The van der Waals surface area contributed by atoms with Gasteiger partial charge in [-0.05, 0) is 23.3 Å². The zero-order valence-corrected chi connectivity index (χ0v) is 11.1. The summed E-state index contributed by atoms with van der Waals surface area (Å²) in [6.07, 6.45) is 0.918. The number of hydrogen-bond donors (Lipinski definition) is 0. The van der Waals surface area contributed by atoms with Crippen LogP contribution in [0.5, 0.6) is 0 Å². The van der Waals surface area contributed by atoms with Crippen LogP contribution in [0.3, 0.4) is 0 Å². The van der Waals surface area contributed by atoms with Gasteiger partial charge in [0.1, 0.15) is 5.69 Å². The lowest BCUT2D eigenvalue weighted by atomic mass is 9.99. The molecule has 0 bridgehead atoms. The molecule has 0 spiro atoms. The second kappa shape index (κ2) is 4.75. The molecule has 0 radical (unpaired) electrons. The van der Waals surface area contributed by atoms with Crippen LogP contribution in [0.1, 0.15) is 10.4 Å². The molecule has 0 aromatic heterocycles. The summed E-state index contributed by atoms with van der Waals surface area (Å²) in [4.78, 5) is 11.2. The van der Waals surface area contributed by atoms with E-state index in [9.17, 15) is 4.79 Å². The van der Waals surface area contributed by atoms with Gasteiger partial charge in [0.05, 0.1) is 21.1 Å². The fraction of sp³-hybridized carbons (Fsp3) is 0.188. The number of quaternary nitrogens is 1. The van der Waals surface area contributed by atoms with Gasteiger partial charge in [-0.3, -0.25) is 9.28 Å². The largest absolute Gasteiger partial charge is 0.298 e. The molecule has 0 saturated heterocycles. The van der Waals surface area contributed by atoms with Gasteiger partial charge in [-0.1, -0.05) is 30.3 Å². The quantitative estimate of drug-likeness (QED) is 0.594. The molecule has 0 atom stereocenters. The minimum Gasteiger partial charge on any atom is -0.298 e. The molecule has 18 heavy (non-hydrogen) atoms. The third kappa shape index (κ3) is 2.49. The van der Waals surface area contributed by atoms with Gasteiger partial charge in [0.15, 0.2) is 6.29 Å². The molecule has 0 unspecified atom stereocenters. The second-order valence-corrected chi connectivity index (χ2v) is 5.27. The molecule has 0 saturated carbocycles. The van der Waals surface area contributed by atoms with Crippen molar-refractivity contribution in [2.75, 3.05) is 21.1 Å². The van der Waals surface area contributed by atoms with E-state index in [1.54, 1.807) is 0 Å². The monoisotopic (exact) mass is 240 g/mol. The Kier molecular flexibility index (Phi) is 3.30. The Labute approximate surface area is 108 Å². The van der Waals surface area contributed by atoms with Crippen LogP contribution in [0.25, 0.3) is 11.1 Å². The summed E-state index contributed by atoms with van der Waals surface area (Å²) in [6, 6.07) is 16.0. The van der Waals surface area contributed by atoms with Crippen LogP contribution in [0.4, 0.5) is 5.69 Å². The standard InChI is InChI=1S/C16H18NO/c1-17(2,3)15-10-9-14(12-18)16(11-15)13-7-5-4-6-8-13/h4-12H,1-3H3/q+1. The van der Waals surface area contributed by atoms with Gasteiger partial charge in [0, 0.05) is 11.6 Å². The van der Waals surface area contributed by atoms with Crippen molar-refractivity contribution in [1.29, 1.82) is 0 Å². The lowest BCUT2D eigenvalue weighted by Gasteiger charge is -2.24. The maximum atomic E-state index is 11.2. The number of benzene rings is 2. The third-order valence-corrected chi connectivity index (χ3v) is 3.02. The first kappa shape index (κ1) is 12.5. The van der Waals surface area contributed by atoms with Crippen molar-refractivity contribution < 1.29 is 4.79 Å². The Morgan fingerprint density at radius 1 is 0.944 bits per heavy atom. The second-order valence-electron chi connectivity index (χ2n) is 5.27. The molecule has 0 aliphatic rings. The Morgan fingerprint density at radius 3 is 2.17 bits per heavy atom. The lowest BCUT2D eigenvalue weighted by Crippen LogP contribution is -2.34. The number of carbonyl (C=O) groups excluding carboxylic acids is 1. The van der Waals surface area contributed by atoms with E-state index in [0.29, 0.717) is 0 Å². The molecule has 2 nitrogen and oxygen atoms in total. The van der Waals surface area contributed by atoms with Crippen molar-refractivity contribution in [2.24, 2.45) is 0 Å². The Morgan fingerprint density at radius 2 is 1.61 bits per heavy atom. The van der Waals surface area contributed by atoms with Gasteiger partial charge in [-0.15, -0.1) is 0 Å². The molecule has 0 aliphatic carbocycles. The Balaban J connectivity index is 2.61. The number of carbonyl (C=O) groups is 1. The molecule has 0 amide bonds. The summed E-state index contributed by atoms with van der Waals surface area (Å²) in [6.45, 7) is 0. The lowest BCUT2D eigenvalue weighted by molar-refractivity contribution is 0.112. The van der Waals surface area contributed by atoms with Crippen molar-refractivity contribution in [2.45, 2.75) is 0 Å². The zero-order chi connectivity index (χ0) is 13.2. The van der Waals surface area contributed by atoms with Gasteiger partial charge < -0.3 is 0 Å². The van der Waals surface area contributed by atoms with Crippen molar-refractivity contribution in [1.82, 2.24) is 4.48 Å². The van der Waals surface area contributed by atoms with Gasteiger partial charge >= 0.3 is 0 Å². The topological polar surface area (TPSA) is 17.1 Å². The highest BCUT2D eigenvalue weighted by Gasteiger charge is 2.15. The minimum atomic E-state index is 0.735. The third-order valence-electron chi connectivity index (χ3n) is 3.02. The van der Waals surface area contributed by atoms with Crippen LogP contribution >= 0.6 is 0 Å². The molecule has 0 fully saturated rings. The molecule has 0 heterocycles. The van der Waals surface area contributed by atoms with Crippen LogP contribution in [-0.2, 0) is 0 Å². The van der Waals surface area contributed by atoms with Crippen molar-refractivity contribution in [3.8, 4) is 11.1 Å². The summed E-state index contributed by atoms with van der Waals surface area (Å²) in [7, 11) is 6.35. The summed E-state index contributed by atoms with van der Waals surface area (Å²) in [5.74, 6) is 0. The maximum Gasteiger partial charge on any atom is 0.150 e. The number of hydrogen-bond acceptors (Lipinski definition) is 1. The van der Waals surface area contributed by atoms with Crippen LogP contribution in [0, 0.1) is 0 Å². The van der Waals surface area contributed by atoms with Crippen molar-refractivity contribution in [3.63, 3.8) is 0 Å². The van der Waals surface area contributed by atoms with E-state index in [2.05, 4.69) is 27.2 Å². The van der Waals surface area contributed by atoms with Gasteiger partial charge in [-0.25, -0.2) is 0 Å². The predicted molar refractivity (Wildman–Crippen MR) is 76.8 cm³/mol. The molecule has 0 aliphatic heterocycles. The Bertz CT molecular complexity index is 553. The molecule has 0 N–H and O–H groups in total. The van der Waals surface area contributed by atoms with Gasteiger partial charge in [0.25, 0.3) is 0 Å². The highest BCUT2D eigenvalue weighted by molar-refractivity contribution is 5.89. The summed E-state index contributed by atoms with van der Waals surface area (Å²) in [5.41, 5.74) is 3.99. The maximum absolute atomic E-state index is 11.2. The molecule has 2 rings (SSSR count). The number of nitrogens with zero attached hydrogens (tertiary/aromatic N) is 1. The van der Waals surface area contributed by atoms with E-state index in [0.717, 1.165) is 27.5 Å². The van der Waals surface area contributed by atoms with E-state index < -0.39 is 0 Å². The normalized spacial score (nSPS) is 11.3. The first-order valence-electron chi connectivity index (χ1n) is 5.99. The van der Waals surface area contributed by atoms with Crippen LogP contribution in [0.2, 0.25) is 0 Å². The van der Waals surface area contributed by atoms with Crippen LogP contribution in [-0.4, -0.2) is 27.4 Å².